The quantitative estimate of drug-likeness (QED) is 0.704. The molecule has 0 amide bonds. The van der Waals surface area contributed by atoms with Crippen LogP contribution < -0.4 is 5.32 Å². The van der Waals surface area contributed by atoms with Crippen LogP contribution in [0.5, 0.6) is 0 Å². The first-order valence-corrected chi connectivity index (χ1v) is 7.62. The number of nitrogens with one attached hydrogen (secondary N) is 1. The molecule has 1 aliphatic carbocycles. The van der Waals surface area contributed by atoms with Crippen molar-refractivity contribution in [2.75, 3.05) is 11.9 Å². The second-order valence-corrected chi connectivity index (χ2v) is 6.13. The molecule has 3 heteroatoms. The van der Waals surface area contributed by atoms with E-state index in [0.717, 1.165) is 33.8 Å². The van der Waals surface area contributed by atoms with Gasteiger partial charge in [0.25, 0.3) is 0 Å². The maximum Gasteiger partial charge on any atom is 0.0641 e. The van der Waals surface area contributed by atoms with Gasteiger partial charge < -0.3 is 5.32 Å². The zero-order valence-corrected chi connectivity index (χ0v) is 12.4. The molecule has 0 radical (unpaired) electrons. The van der Waals surface area contributed by atoms with Crippen molar-refractivity contribution in [1.82, 2.24) is 0 Å². The van der Waals surface area contributed by atoms with Gasteiger partial charge in [-0.1, -0.05) is 48.9 Å². The van der Waals surface area contributed by atoms with E-state index in [9.17, 15) is 0 Å². The normalized spacial score (nSPS) is 17.5. The number of hydrogen-bond acceptors (Lipinski definition) is 1. The average Bonchev–Trinajstić information content (AvgIpc) is 2.60. The van der Waals surface area contributed by atoms with Gasteiger partial charge in [0.05, 0.1) is 10.7 Å². The van der Waals surface area contributed by atoms with Gasteiger partial charge in [-0.15, -0.1) is 0 Å². The summed E-state index contributed by atoms with van der Waals surface area (Å²) in [6.07, 6.45) is 8.21. The molecule has 1 aliphatic rings. The molecule has 0 spiro atoms. The lowest BCUT2D eigenvalue weighted by atomic mass is 10.0. The van der Waals surface area contributed by atoms with Crippen LogP contribution in [0.2, 0.25) is 10.0 Å². The number of aryl methyl sites for hydroxylation is 1. The summed E-state index contributed by atoms with van der Waals surface area (Å²) >= 11 is 12.4. The SMILES string of the molecule is Cc1cc(Cl)c(NCC2CCCCCC2)cc1Cl. The predicted molar refractivity (Wildman–Crippen MR) is 80.9 cm³/mol. The zero-order valence-electron chi connectivity index (χ0n) is 10.9. The van der Waals surface area contributed by atoms with Crippen molar-refractivity contribution < 1.29 is 0 Å². The van der Waals surface area contributed by atoms with Crippen molar-refractivity contribution in [3.63, 3.8) is 0 Å². The smallest absolute Gasteiger partial charge is 0.0641 e. The molecule has 0 bridgehead atoms. The van der Waals surface area contributed by atoms with Crippen molar-refractivity contribution in [3.05, 3.63) is 27.7 Å². The first-order valence-electron chi connectivity index (χ1n) is 6.86. The summed E-state index contributed by atoms with van der Waals surface area (Å²) in [5.41, 5.74) is 2.00. The van der Waals surface area contributed by atoms with Crippen LogP contribution in [-0.2, 0) is 0 Å². The van der Waals surface area contributed by atoms with Crippen LogP contribution in [0, 0.1) is 12.8 Å². The van der Waals surface area contributed by atoms with E-state index < -0.39 is 0 Å². The lowest BCUT2D eigenvalue weighted by molar-refractivity contribution is 0.483. The van der Waals surface area contributed by atoms with Gasteiger partial charge in [0.2, 0.25) is 0 Å². The van der Waals surface area contributed by atoms with Crippen molar-refractivity contribution >= 4 is 28.9 Å². The number of rotatable bonds is 3. The van der Waals surface area contributed by atoms with E-state index in [0.29, 0.717) is 0 Å². The molecule has 1 aromatic carbocycles. The fourth-order valence-corrected chi connectivity index (χ4v) is 3.05. The summed E-state index contributed by atoms with van der Waals surface area (Å²) < 4.78 is 0. The second-order valence-electron chi connectivity index (χ2n) is 5.32. The van der Waals surface area contributed by atoms with E-state index in [1.54, 1.807) is 0 Å². The van der Waals surface area contributed by atoms with Crippen LogP contribution in [-0.4, -0.2) is 6.54 Å². The van der Waals surface area contributed by atoms with Crippen molar-refractivity contribution in [1.29, 1.82) is 0 Å². The van der Waals surface area contributed by atoms with Gasteiger partial charge in [0, 0.05) is 11.6 Å². The van der Waals surface area contributed by atoms with Gasteiger partial charge in [-0.25, -0.2) is 0 Å². The fraction of sp³-hybridized carbons (Fsp3) is 0.600. The molecule has 0 aromatic heterocycles. The summed E-state index contributed by atoms with van der Waals surface area (Å²) in [5, 5.41) is 5.01. The lowest BCUT2D eigenvalue weighted by Gasteiger charge is -2.17. The van der Waals surface area contributed by atoms with Crippen LogP contribution in [0.25, 0.3) is 0 Å². The molecule has 1 N–H and O–H groups in total. The minimum Gasteiger partial charge on any atom is -0.384 e. The standard InChI is InChI=1S/C15H21Cl2N/c1-11-8-14(17)15(9-13(11)16)18-10-12-6-4-2-3-5-7-12/h8-9,12,18H,2-7,10H2,1H3. The molecule has 0 saturated heterocycles. The third-order valence-corrected chi connectivity index (χ3v) is 4.52. The molecular formula is C15H21Cl2N. The molecule has 0 atom stereocenters. The predicted octanol–water partition coefficient (Wildman–Crippen LogP) is 5.68. The Balaban J connectivity index is 1.94. The Kier molecular flexibility index (Phi) is 5.20. The molecule has 1 saturated carbocycles. The third-order valence-electron chi connectivity index (χ3n) is 3.80. The van der Waals surface area contributed by atoms with E-state index in [1.807, 2.05) is 19.1 Å². The van der Waals surface area contributed by atoms with E-state index in [4.69, 9.17) is 23.2 Å². The summed E-state index contributed by atoms with van der Waals surface area (Å²) in [6.45, 7) is 2.99. The number of hydrogen-bond donors (Lipinski definition) is 1. The number of benzene rings is 1. The molecular weight excluding hydrogens is 265 g/mol. The number of halogens is 2. The third kappa shape index (κ3) is 3.80. The van der Waals surface area contributed by atoms with Gasteiger partial charge >= 0.3 is 0 Å². The van der Waals surface area contributed by atoms with E-state index in [-0.39, 0.29) is 0 Å². The van der Waals surface area contributed by atoms with Crippen LogP contribution in [0.4, 0.5) is 5.69 Å². The molecule has 0 aliphatic heterocycles. The molecule has 100 valence electrons. The van der Waals surface area contributed by atoms with Crippen LogP contribution >= 0.6 is 23.2 Å². The van der Waals surface area contributed by atoms with E-state index >= 15 is 0 Å². The average molecular weight is 286 g/mol. The van der Waals surface area contributed by atoms with Gasteiger partial charge in [-0.3, -0.25) is 0 Å². The Morgan fingerprint density at radius 2 is 1.72 bits per heavy atom. The topological polar surface area (TPSA) is 12.0 Å². The molecule has 0 unspecified atom stereocenters. The first kappa shape index (κ1) is 14.0. The molecule has 1 aromatic rings. The van der Waals surface area contributed by atoms with Crippen molar-refractivity contribution in [3.8, 4) is 0 Å². The minimum absolute atomic E-state index is 0.769. The molecule has 18 heavy (non-hydrogen) atoms. The van der Waals surface area contributed by atoms with Crippen LogP contribution in [0.3, 0.4) is 0 Å². The fourth-order valence-electron chi connectivity index (χ4n) is 2.60. The largest absolute Gasteiger partial charge is 0.384 e. The molecule has 0 heterocycles. The highest BCUT2D eigenvalue weighted by Crippen LogP contribution is 2.30. The maximum absolute atomic E-state index is 6.23. The molecule has 2 rings (SSSR count). The van der Waals surface area contributed by atoms with Gasteiger partial charge in [-0.05, 0) is 43.4 Å². The summed E-state index contributed by atoms with van der Waals surface area (Å²) in [5.74, 6) is 0.781. The highest BCUT2D eigenvalue weighted by Gasteiger charge is 2.13. The zero-order chi connectivity index (χ0) is 13.0. The minimum atomic E-state index is 0.769. The van der Waals surface area contributed by atoms with Crippen molar-refractivity contribution in [2.45, 2.75) is 45.4 Å². The summed E-state index contributed by atoms with van der Waals surface area (Å²) in [6, 6.07) is 3.87. The monoisotopic (exact) mass is 285 g/mol. The Labute approximate surface area is 120 Å². The van der Waals surface area contributed by atoms with Gasteiger partial charge in [0.15, 0.2) is 0 Å². The van der Waals surface area contributed by atoms with Crippen molar-refractivity contribution in [2.24, 2.45) is 5.92 Å². The Morgan fingerprint density at radius 1 is 1.06 bits per heavy atom. The van der Waals surface area contributed by atoms with E-state index in [1.165, 1.54) is 38.5 Å². The summed E-state index contributed by atoms with van der Waals surface area (Å²) in [7, 11) is 0. The Bertz CT molecular complexity index is 396. The number of anilines is 1. The summed E-state index contributed by atoms with van der Waals surface area (Å²) in [4.78, 5) is 0. The first-order chi connectivity index (χ1) is 8.66. The Morgan fingerprint density at radius 3 is 2.39 bits per heavy atom. The van der Waals surface area contributed by atoms with Gasteiger partial charge in [0.1, 0.15) is 0 Å². The maximum atomic E-state index is 6.23. The lowest BCUT2D eigenvalue weighted by Crippen LogP contribution is -2.13. The Hall–Kier alpha value is -0.400. The van der Waals surface area contributed by atoms with Crippen LogP contribution in [0.15, 0.2) is 12.1 Å². The molecule has 1 fully saturated rings. The second kappa shape index (κ2) is 6.68. The molecule has 1 nitrogen and oxygen atoms in total. The van der Waals surface area contributed by atoms with Crippen LogP contribution in [0.1, 0.15) is 44.1 Å². The highest BCUT2D eigenvalue weighted by atomic mass is 35.5. The van der Waals surface area contributed by atoms with E-state index in [2.05, 4.69) is 5.32 Å². The highest BCUT2D eigenvalue weighted by molar-refractivity contribution is 6.35. The van der Waals surface area contributed by atoms with Gasteiger partial charge in [-0.2, -0.15) is 0 Å².